The lowest BCUT2D eigenvalue weighted by Crippen LogP contribution is -2.59. The van der Waals surface area contributed by atoms with E-state index in [4.69, 9.17) is 19.3 Å². The molecule has 2 rings (SSSR count). The van der Waals surface area contributed by atoms with E-state index in [9.17, 15) is 35.4 Å². The number of ether oxygens (including phenoxy) is 3. The predicted octanol–water partition coefficient (Wildman–Crippen LogP) is -2.17. The molecule has 0 bridgehead atoms. The van der Waals surface area contributed by atoms with E-state index >= 15 is 0 Å². The van der Waals surface area contributed by atoms with Crippen LogP contribution >= 0.6 is 0 Å². The third-order valence-electron chi connectivity index (χ3n) is 4.13. The summed E-state index contributed by atoms with van der Waals surface area (Å²) in [6.45, 7) is -1.48. The molecular weight excluding hydrogens is 392 g/mol. The van der Waals surface area contributed by atoms with E-state index in [1.165, 1.54) is 24.3 Å². The van der Waals surface area contributed by atoms with Gasteiger partial charge in [-0.3, -0.25) is 0 Å². The number of carbonyl (C=O) groups excluding carboxylic acids is 1. The van der Waals surface area contributed by atoms with E-state index in [1.807, 2.05) is 0 Å². The summed E-state index contributed by atoms with van der Waals surface area (Å²) in [5.74, 6) is -1.43. The second-order valence-electron chi connectivity index (χ2n) is 6.40. The Bertz CT molecular complexity index is 705. The van der Waals surface area contributed by atoms with Crippen LogP contribution in [0.3, 0.4) is 0 Å². The van der Waals surface area contributed by atoms with Crippen molar-refractivity contribution in [2.24, 2.45) is 0 Å². The highest BCUT2D eigenvalue weighted by Gasteiger charge is 2.44. The van der Waals surface area contributed by atoms with Gasteiger partial charge in [0.05, 0.1) is 13.2 Å². The normalized spacial score (nSPS) is 28.4. The van der Waals surface area contributed by atoms with Gasteiger partial charge in [0.15, 0.2) is 17.8 Å². The maximum atomic E-state index is 11.7. The van der Waals surface area contributed by atoms with Gasteiger partial charge in [0.2, 0.25) is 0 Å². The number of rotatable bonds is 8. The number of carbonyl (C=O) groups is 1. The lowest BCUT2D eigenvalue weighted by atomic mass is 9.99. The summed E-state index contributed by atoms with van der Waals surface area (Å²) in [6.07, 6.45) is -6.18. The van der Waals surface area contributed by atoms with E-state index in [0.29, 0.717) is 5.56 Å². The minimum atomic E-state index is -1.61. The number of aromatic hydroxyl groups is 2. The number of hydrogen-bond donors (Lipinski definition) is 7. The van der Waals surface area contributed by atoms with Crippen molar-refractivity contribution in [1.82, 2.24) is 0 Å². The van der Waals surface area contributed by atoms with Gasteiger partial charge in [-0.2, -0.15) is 0 Å². The molecule has 29 heavy (non-hydrogen) atoms. The summed E-state index contributed by atoms with van der Waals surface area (Å²) in [5, 5.41) is 66.6. The van der Waals surface area contributed by atoms with Gasteiger partial charge in [-0.1, -0.05) is 6.07 Å². The van der Waals surface area contributed by atoms with Gasteiger partial charge in [0.1, 0.15) is 37.1 Å². The molecule has 0 amide bonds. The van der Waals surface area contributed by atoms with Crippen molar-refractivity contribution in [3.63, 3.8) is 0 Å². The molecule has 1 aromatic carbocycles. The lowest BCUT2D eigenvalue weighted by molar-refractivity contribution is -0.304. The molecule has 0 unspecified atom stereocenters. The second-order valence-corrected chi connectivity index (χ2v) is 6.40. The maximum Gasteiger partial charge on any atom is 0.330 e. The van der Waals surface area contributed by atoms with Gasteiger partial charge < -0.3 is 50.0 Å². The van der Waals surface area contributed by atoms with Crippen LogP contribution in [0.2, 0.25) is 0 Å². The number of hydrogen-bond acceptors (Lipinski definition) is 11. The topological polar surface area (TPSA) is 186 Å². The van der Waals surface area contributed by atoms with Crippen LogP contribution in [-0.4, -0.2) is 98.3 Å². The number of phenols is 2. The number of aliphatic hydroxyl groups is 5. The largest absolute Gasteiger partial charge is 0.504 e. The molecular formula is C18H24O11. The predicted molar refractivity (Wildman–Crippen MR) is 95.5 cm³/mol. The zero-order chi connectivity index (χ0) is 21.6. The van der Waals surface area contributed by atoms with Crippen molar-refractivity contribution < 1.29 is 54.8 Å². The number of phenolic OH excluding ortho intramolecular Hbond substituents is 2. The Morgan fingerprint density at radius 2 is 1.83 bits per heavy atom. The molecule has 1 heterocycles. The van der Waals surface area contributed by atoms with E-state index < -0.39 is 62.6 Å². The molecule has 0 spiro atoms. The monoisotopic (exact) mass is 416 g/mol. The first kappa shape index (κ1) is 23.0. The third-order valence-corrected chi connectivity index (χ3v) is 4.13. The van der Waals surface area contributed by atoms with Gasteiger partial charge in [-0.15, -0.1) is 0 Å². The Balaban J connectivity index is 1.76. The summed E-state index contributed by atoms with van der Waals surface area (Å²) in [7, 11) is 0. The molecule has 1 aliphatic heterocycles. The fourth-order valence-corrected chi connectivity index (χ4v) is 2.49. The minimum absolute atomic E-state index is 0.299. The zero-order valence-electron chi connectivity index (χ0n) is 15.2. The first-order valence-electron chi connectivity index (χ1n) is 8.70. The molecule has 0 radical (unpaired) electrons. The summed E-state index contributed by atoms with van der Waals surface area (Å²) in [5.41, 5.74) is 0.434. The minimum Gasteiger partial charge on any atom is -0.504 e. The van der Waals surface area contributed by atoms with Gasteiger partial charge in [-0.05, 0) is 23.8 Å². The Labute approximate surface area is 165 Å². The Morgan fingerprint density at radius 3 is 2.48 bits per heavy atom. The first-order valence-corrected chi connectivity index (χ1v) is 8.70. The number of esters is 1. The summed E-state index contributed by atoms with van der Waals surface area (Å²) in [4.78, 5) is 11.7. The van der Waals surface area contributed by atoms with E-state index in [-0.39, 0.29) is 11.5 Å². The third kappa shape index (κ3) is 6.37. The first-order chi connectivity index (χ1) is 13.7. The highest BCUT2D eigenvalue weighted by molar-refractivity contribution is 5.87. The van der Waals surface area contributed by atoms with E-state index in [2.05, 4.69) is 0 Å². The fraction of sp³-hybridized carbons (Fsp3) is 0.500. The highest BCUT2D eigenvalue weighted by Crippen LogP contribution is 2.25. The van der Waals surface area contributed by atoms with Crippen molar-refractivity contribution in [2.75, 3.05) is 19.8 Å². The van der Waals surface area contributed by atoms with Crippen LogP contribution in [0.25, 0.3) is 6.08 Å². The zero-order valence-corrected chi connectivity index (χ0v) is 15.2. The van der Waals surface area contributed by atoms with Crippen LogP contribution in [-0.2, 0) is 19.0 Å². The van der Waals surface area contributed by atoms with Crippen LogP contribution < -0.4 is 0 Å². The smallest absolute Gasteiger partial charge is 0.330 e. The van der Waals surface area contributed by atoms with Gasteiger partial charge in [0.25, 0.3) is 0 Å². The van der Waals surface area contributed by atoms with E-state index in [0.717, 1.165) is 6.08 Å². The Hall–Kier alpha value is -2.25. The molecule has 1 saturated heterocycles. The summed E-state index contributed by atoms with van der Waals surface area (Å²) >= 11 is 0. The Morgan fingerprint density at radius 1 is 1.10 bits per heavy atom. The summed E-state index contributed by atoms with van der Waals surface area (Å²) < 4.78 is 15.1. The molecule has 1 fully saturated rings. The van der Waals surface area contributed by atoms with E-state index in [1.54, 1.807) is 0 Å². The number of aliphatic hydroxyl groups excluding tert-OH is 5. The van der Waals surface area contributed by atoms with Crippen molar-refractivity contribution in [3.8, 4) is 11.5 Å². The standard InChI is InChI=1S/C18H24O11/c19-6-13-15(24)16(25)17(26)18(29-13)28-8-10(20)7-27-14(23)4-2-9-1-3-11(21)12(22)5-9/h1-5,10,13,15-22,24-26H,6-8H2/t10-,13+,15-,16-,17+,18+/m1/s1. The van der Waals surface area contributed by atoms with Crippen LogP contribution in [0.1, 0.15) is 5.56 Å². The van der Waals surface area contributed by atoms with Crippen LogP contribution in [0.5, 0.6) is 11.5 Å². The highest BCUT2D eigenvalue weighted by atomic mass is 16.7. The molecule has 11 nitrogen and oxygen atoms in total. The maximum absolute atomic E-state index is 11.7. The average molecular weight is 416 g/mol. The summed E-state index contributed by atoms with van der Waals surface area (Å²) in [6, 6.07) is 3.95. The van der Waals surface area contributed by atoms with Gasteiger partial charge in [0, 0.05) is 6.08 Å². The van der Waals surface area contributed by atoms with Crippen molar-refractivity contribution in [1.29, 1.82) is 0 Å². The van der Waals surface area contributed by atoms with Crippen LogP contribution in [0.15, 0.2) is 24.3 Å². The molecule has 7 N–H and O–H groups in total. The Kier molecular flexibility index (Phi) is 8.34. The van der Waals surface area contributed by atoms with Gasteiger partial charge in [-0.25, -0.2) is 4.79 Å². The average Bonchev–Trinajstić information content (AvgIpc) is 2.70. The molecule has 6 atom stereocenters. The fourth-order valence-electron chi connectivity index (χ4n) is 2.49. The van der Waals surface area contributed by atoms with Crippen molar-refractivity contribution >= 4 is 12.0 Å². The molecule has 162 valence electrons. The van der Waals surface area contributed by atoms with Crippen molar-refractivity contribution in [3.05, 3.63) is 29.8 Å². The number of benzene rings is 1. The SMILES string of the molecule is O=C(C=Cc1ccc(O)c(O)c1)OC[C@@H](O)CO[C@H]1O[C@@H](CO)[C@@H](O)[C@@H](O)[C@@H]1O. The molecule has 0 aliphatic carbocycles. The molecule has 0 aromatic heterocycles. The molecule has 1 aromatic rings. The molecule has 0 saturated carbocycles. The quantitative estimate of drug-likeness (QED) is 0.139. The second kappa shape index (κ2) is 10.5. The van der Waals surface area contributed by atoms with Crippen LogP contribution in [0.4, 0.5) is 0 Å². The van der Waals surface area contributed by atoms with Gasteiger partial charge >= 0.3 is 5.97 Å². The van der Waals surface area contributed by atoms with Crippen molar-refractivity contribution in [2.45, 2.75) is 36.8 Å². The molecule has 1 aliphatic rings. The van der Waals surface area contributed by atoms with Crippen LogP contribution in [0, 0.1) is 0 Å². The molecule has 11 heteroatoms. The lowest BCUT2D eigenvalue weighted by Gasteiger charge is -2.39.